The van der Waals surface area contributed by atoms with Crippen molar-refractivity contribution >= 4 is 29.1 Å². The minimum absolute atomic E-state index is 0.0213. The first-order valence-electron chi connectivity index (χ1n) is 5.99. The number of thiophene rings is 1. The fourth-order valence-corrected chi connectivity index (χ4v) is 3.49. The van der Waals surface area contributed by atoms with Gasteiger partial charge in [-0.15, -0.1) is 10.2 Å². The number of carbonyl (C=O) groups is 1. The number of hydrogen-bond acceptors (Lipinski definition) is 5. The molecule has 0 unspecified atom stereocenters. The molecule has 2 aromatic rings. The van der Waals surface area contributed by atoms with Gasteiger partial charge in [-0.2, -0.15) is 11.3 Å². The van der Waals surface area contributed by atoms with Crippen LogP contribution in [-0.2, 0) is 4.79 Å². The van der Waals surface area contributed by atoms with Crippen LogP contribution in [0.4, 0.5) is 0 Å². The first-order valence-corrected chi connectivity index (χ1v) is 7.92. The molecule has 0 aromatic carbocycles. The Morgan fingerprint density at radius 2 is 2.32 bits per heavy atom. The Morgan fingerprint density at radius 3 is 2.89 bits per heavy atom. The highest BCUT2D eigenvalue weighted by Gasteiger charge is 2.30. The zero-order valence-corrected chi connectivity index (χ0v) is 12.0. The molecule has 0 amide bonds. The fraction of sp³-hybridized carbons (Fsp3) is 0.417. The smallest absolute Gasteiger partial charge is 0.313 e. The second-order valence-corrected chi connectivity index (χ2v) is 6.24. The summed E-state index contributed by atoms with van der Waals surface area (Å²) in [5.41, 5.74) is 2.29. The van der Waals surface area contributed by atoms with Crippen LogP contribution in [0.2, 0.25) is 0 Å². The van der Waals surface area contributed by atoms with E-state index in [9.17, 15) is 4.79 Å². The predicted molar refractivity (Wildman–Crippen MR) is 74.7 cm³/mol. The van der Waals surface area contributed by atoms with Gasteiger partial charge in [0, 0.05) is 17.0 Å². The third-order valence-corrected chi connectivity index (χ3v) is 4.79. The summed E-state index contributed by atoms with van der Waals surface area (Å²) < 4.78 is 2.10. The minimum Gasteiger partial charge on any atom is -0.481 e. The molecule has 7 heteroatoms. The number of rotatable bonds is 5. The van der Waals surface area contributed by atoms with Gasteiger partial charge in [0.15, 0.2) is 11.0 Å². The number of nitrogens with zero attached hydrogens (tertiary/aromatic N) is 3. The van der Waals surface area contributed by atoms with Gasteiger partial charge in [0.2, 0.25) is 0 Å². The molecule has 2 heterocycles. The molecule has 3 rings (SSSR count). The molecule has 0 atom stereocenters. The number of thioether (sulfide) groups is 1. The number of hydrogen-bond donors (Lipinski definition) is 1. The second kappa shape index (κ2) is 4.97. The lowest BCUT2D eigenvalue weighted by Crippen LogP contribution is -2.03. The van der Waals surface area contributed by atoms with Crippen molar-refractivity contribution in [3.63, 3.8) is 0 Å². The molecule has 1 aliphatic rings. The number of carboxylic acid groups (broad SMARTS) is 1. The fourth-order valence-electron chi connectivity index (χ4n) is 1.94. The maximum absolute atomic E-state index is 10.7. The minimum atomic E-state index is -0.830. The van der Waals surface area contributed by atoms with Gasteiger partial charge >= 0.3 is 5.97 Å². The molecule has 1 aliphatic carbocycles. The standard InChI is InChI=1S/C12H13N3O2S2/c1-7-4-18-5-9(7)11-13-14-12(19-6-10(16)17)15(11)8-2-3-8/h4-5,8H,2-3,6H2,1H3,(H,16,17). The zero-order chi connectivity index (χ0) is 13.4. The number of aliphatic carboxylic acids is 1. The van der Waals surface area contributed by atoms with Crippen LogP contribution in [0, 0.1) is 6.92 Å². The lowest BCUT2D eigenvalue weighted by atomic mass is 10.2. The molecule has 0 bridgehead atoms. The van der Waals surface area contributed by atoms with Crippen molar-refractivity contribution in [3.8, 4) is 11.4 Å². The maximum atomic E-state index is 10.7. The van der Waals surface area contributed by atoms with Crippen LogP contribution >= 0.6 is 23.1 Å². The second-order valence-electron chi connectivity index (χ2n) is 4.56. The van der Waals surface area contributed by atoms with Crippen LogP contribution in [-0.4, -0.2) is 31.6 Å². The summed E-state index contributed by atoms with van der Waals surface area (Å²) in [4.78, 5) is 10.7. The molecular weight excluding hydrogens is 282 g/mol. The maximum Gasteiger partial charge on any atom is 0.313 e. The van der Waals surface area contributed by atoms with Gasteiger partial charge in [0.1, 0.15) is 0 Å². The highest BCUT2D eigenvalue weighted by Crippen LogP contribution is 2.41. The Morgan fingerprint density at radius 1 is 1.53 bits per heavy atom. The van der Waals surface area contributed by atoms with Crippen LogP contribution in [0.25, 0.3) is 11.4 Å². The van der Waals surface area contributed by atoms with E-state index in [0.717, 1.165) is 24.2 Å². The summed E-state index contributed by atoms with van der Waals surface area (Å²) in [6.07, 6.45) is 2.24. The predicted octanol–water partition coefficient (Wildman–Crippen LogP) is 2.83. The van der Waals surface area contributed by atoms with Gasteiger partial charge in [-0.05, 0) is 30.7 Å². The molecule has 1 saturated carbocycles. The van der Waals surface area contributed by atoms with Crippen LogP contribution < -0.4 is 0 Å². The topological polar surface area (TPSA) is 68.0 Å². The van der Waals surface area contributed by atoms with Crippen LogP contribution in [0.1, 0.15) is 24.4 Å². The van der Waals surface area contributed by atoms with Crippen molar-refractivity contribution in [2.45, 2.75) is 31.0 Å². The summed E-state index contributed by atoms with van der Waals surface area (Å²) in [5.74, 6) is 0.0609. The quantitative estimate of drug-likeness (QED) is 0.859. The van der Waals surface area contributed by atoms with Crippen LogP contribution in [0.15, 0.2) is 15.9 Å². The largest absolute Gasteiger partial charge is 0.481 e. The summed E-state index contributed by atoms with van der Waals surface area (Å²) in [5, 5.41) is 22.1. The molecule has 0 saturated heterocycles. The summed E-state index contributed by atoms with van der Waals surface area (Å²) in [6.45, 7) is 2.06. The summed E-state index contributed by atoms with van der Waals surface area (Å²) >= 11 is 2.89. The Labute approximate surface area is 118 Å². The van der Waals surface area contributed by atoms with Crippen molar-refractivity contribution in [2.75, 3.05) is 5.75 Å². The van der Waals surface area contributed by atoms with Gasteiger partial charge < -0.3 is 5.11 Å². The van der Waals surface area contributed by atoms with E-state index in [1.165, 1.54) is 17.3 Å². The molecule has 0 aliphatic heterocycles. The summed E-state index contributed by atoms with van der Waals surface area (Å²) in [7, 11) is 0. The molecule has 19 heavy (non-hydrogen) atoms. The van der Waals surface area contributed by atoms with Crippen molar-refractivity contribution in [1.82, 2.24) is 14.8 Å². The van der Waals surface area contributed by atoms with Crippen molar-refractivity contribution in [3.05, 3.63) is 16.3 Å². The Kier molecular flexibility index (Phi) is 3.32. The van der Waals surface area contributed by atoms with E-state index in [1.807, 2.05) is 0 Å². The molecule has 0 spiro atoms. The average molecular weight is 295 g/mol. The molecule has 2 aromatic heterocycles. The highest BCUT2D eigenvalue weighted by molar-refractivity contribution is 7.99. The molecule has 100 valence electrons. The van der Waals surface area contributed by atoms with Gasteiger partial charge in [-0.1, -0.05) is 11.8 Å². The molecule has 1 N–H and O–H groups in total. The SMILES string of the molecule is Cc1cscc1-c1nnc(SCC(=O)O)n1C1CC1. The van der Waals surface area contributed by atoms with Crippen LogP contribution in [0.3, 0.4) is 0 Å². The monoisotopic (exact) mass is 295 g/mol. The van der Waals surface area contributed by atoms with E-state index in [2.05, 4.69) is 32.4 Å². The van der Waals surface area contributed by atoms with E-state index in [1.54, 1.807) is 11.3 Å². The third kappa shape index (κ3) is 2.52. The van der Waals surface area contributed by atoms with E-state index < -0.39 is 5.97 Å². The normalized spacial score (nSPS) is 14.8. The van der Waals surface area contributed by atoms with Gasteiger partial charge in [0.25, 0.3) is 0 Å². The number of carboxylic acids is 1. The molecule has 0 radical (unpaired) electrons. The van der Waals surface area contributed by atoms with E-state index in [0.29, 0.717) is 11.2 Å². The Balaban J connectivity index is 1.97. The lowest BCUT2D eigenvalue weighted by Gasteiger charge is -2.07. The Hall–Kier alpha value is -1.34. The van der Waals surface area contributed by atoms with E-state index >= 15 is 0 Å². The van der Waals surface area contributed by atoms with E-state index in [-0.39, 0.29) is 5.75 Å². The highest BCUT2D eigenvalue weighted by atomic mass is 32.2. The zero-order valence-electron chi connectivity index (χ0n) is 10.4. The molecular formula is C12H13N3O2S2. The molecule has 5 nitrogen and oxygen atoms in total. The van der Waals surface area contributed by atoms with Gasteiger partial charge in [0.05, 0.1) is 5.75 Å². The first kappa shape index (κ1) is 12.7. The third-order valence-electron chi connectivity index (χ3n) is 3.00. The van der Waals surface area contributed by atoms with Gasteiger partial charge in [-0.25, -0.2) is 0 Å². The average Bonchev–Trinajstić information content (AvgIpc) is 2.98. The molecule has 1 fully saturated rings. The van der Waals surface area contributed by atoms with E-state index in [4.69, 9.17) is 5.11 Å². The van der Waals surface area contributed by atoms with Gasteiger partial charge in [-0.3, -0.25) is 9.36 Å². The van der Waals surface area contributed by atoms with Crippen molar-refractivity contribution in [1.29, 1.82) is 0 Å². The first-order chi connectivity index (χ1) is 9.16. The summed E-state index contributed by atoms with van der Waals surface area (Å²) in [6, 6.07) is 0.431. The van der Waals surface area contributed by atoms with Crippen LogP contribution in [0.5, 0.6) is 0 Å². The van der Waals surface area contributed by atoms with Crippen molar-refractivity contribution < 1.29 is 9.90 Å². The van der Waals surface area contributed by atoms with Crippen molar-refractivity contribution in [2.24, 2.45) is 0 Å². The number of aromatic nitrogens is 3. The Bertz CT molecular complexity index is 616. The number of aryl methyl sites for hydroxylation is 1. The lowest BCUT2D eigenvalue weighted by molar-refractivity contribution is -0.133.